The average Bonchev–Trinajstić information content (AvgIpc) is 3.20. The van der Waals surface area contributed by atoms with Crippen LogP contribution in [0.4, 0.5) is 0 Å². The van der Waals surface area contributed by atoms with Gasteiger partial charge < -0.3 is 19.5 Å². The number of carbonyl (C=O) groups excluding carboxylic acids is 1. The molecule has 1 aliphatic rings. The summed E-state index contributed by atoms with van der Waals surface area (Å²) in [6.45, 7) is 3.89. The van der Waals surface area contributed by atoms with Gasteiger partial charge >= 0.3 is 0 Å². The summed E-state index contributed by atoms with van der Waals surface area (Å²) in [6.07, 6.45) is 3.56. The molecule has 2 atom stereocenters. The van der Waals surface area contributed by atoms with Crippen molar-refractivity contribution in [2.24, 2.45) is 5.92 Å². The number of pyridine rings is 1. The summed E-state index contributed by atoms with van der Waals surface area (Å²) in [5, 5.41) is 19.9. The van der Waals surface area contributed by atoms with Gasteiger partial charge in [-0.2, -0.15) is 0 Å². The normalized spacial score (nSPS) is 19.9. The average molecular weight is 354 g/mol. The van der Waals surface area contributed by atoms with Crippen LogP contribution in [0.3, 0.4) is 0 Å². The van der Waals surface area contributed by atoms with E-state index in [0.29, 0.717) is 18.7 Å². The van der Waals surface area contributed by atoms with Crippen LogP contribution < -0.4 is 0 Å². The number of rotatable bonds is 3. The van der Waals surface area contributed by atoms with E-state index < -0.39 is 11.7 Å². The van der Waals surface area contributed by atoms with Crippen molar-refractivity contribution in [2.75, 3.05) is 13.1 Å². The van der Waals surface area contributed by atoms with Crippen LogP contribution in [-0.4, -0.2) is 50.8 Å². The van der Waals surface area contributed by atoms with Gasteiger partial charge in [0.25, 0.3) is 5.91 Å². The minimum atomic E-state index is -1.13. The molecule has 0 aliphatic carbocycles. The highest BCUT2D eigenvalue weighted by molar-refractivity contribution is 5.91. The zero-order valence-electron chi connectivity index (χ0n) is 14.8. The molecule has 1 aliphatic heterocycles. The summed E-state index contributed by atoms with van der Waals surface area (Å²) >= 11 is 0. The summed E-state index contributed by atoms with van der Waals surface area (Å²) < 4.78 is 5.48. The van der Waals surface area contributed by atoms with Gasteiger partial charge in [-0.1, -0.05) is 5.92 Å². The van der Waals surface area contributed by atoms with Crippen LogP contribution in [0.25, 0.3) is 0 Å². The zero-order valence-corrected chi connectivity index (χ0v) is 14.8. The summed E-state index contributed by atoms with van der Waals surface area (Å²) in [7, 11) is 0. The Labute approximate surface area is 152 Å². The first-order chi connectivity index (χ1) is 12.3. The molecule has 2 N–H and O–H groups in total. The van der Waals surface area contributed by atoms with Gasteiger partial charge in [0.05, 0.1) is 6.10 Å². The zero-order chi connectivity index (χ0) is 18.7. The van der Waals surface area contributed by atoms with Gasteiger partial charge in [-0.05, 0) is 56.0 Å². The molecule has 0 aromatic carbocycles. The van der Waals surface area contributed by atoms with Crippen LogP contribution in [-0.2, 0) is 6.42 Å². The number of aliphatic hydroxyl groups excluding tert-OH is 1. The molecule has 6 nitrogen and oxygen atoms in total. The van der Waals surface area contributed by atoms with Crippen LogP contribution >= 0.6 is 0 Å². The third-order valence-corrected chi connectivity index (χ3v) is 4.25. The van der Waals surface area contributed by atoms with Gasteiger partial charge in [-0.15, -0.1) is 0 Å². The number of amides is 1. The lowest BCUT2D eigenvalue weighted by atomic mass is 9.97. The number of carbonyl (C=O) groups is 1. The molecule has 3 rings (SSSR count). The van der Waals surface area contributed by atoms with Crippen molar-refractivity contribution in [3.05, 3.63) is 53.7 Å². The molecule has 1 fully saturated rings. The minimum Gasteiger partial charge on any atom is -0.443 e. The molecule has 0 saturated carbocycles. The van der Waals surface area contributed by atoms with Gasteiger partial charge in [-0.25, -0.2) is 0 Å². The van der Waals surface area contributed by atoms with Crippen molar-refractivity contribution in [3.63, 3.8) is 0 Å². The predicted molar refractivity (Wildman–Crippen MR) is 95.2 cm³/mol. The van der Waals surface area contributed by atoms with E-state index in [-0.39, 0.29) is 24.1 Å². The molecule has 136 valence electrons. The van der Waals surface area contributed by atoms with E-state index in [1.807, 2.05) is 12.1 Å². The second-order valence-electron chi connectivity index (χ2n) is 7.07. The van der Waals surface area contributed by atoms with Crippen molar-refractivity contribution >= 4 is 5.91 Å². The lowest BCUT2D eigenvalue weighted by Crippen LogP contribution is -2.29. The summed E-state index contributed by atoms with van der Waals surface area (Å²) in [6, 6.07) is 7.00. The first kappa shape index (κ1) is 18.2. The first-order valence-electron chi connectivity index (χ1n) is 8.53. The molecule has 1 amide bonds. The minimum absolute atomic E-state index is 0.0224. The fraction of sp³-hybridized carbons (Fsp3) is 0.400. The highest BCUT2D eigenvalue weighted by atomic mass is 16.4. The van der Waals surface area contributed by atoms with Crippen LogP contribution in [0, 0.1) is 17.8 Å². The number of nitrogens with zero attached hydrogens (tertiary/aromatic N) is 2. The van der Waals surface area contributed by atoms with Crippen molar-refractivity contribution in [1.29, 1.82) is 0 Å². The molecule has 3 heterocycles. The lowest BCUT2D eigenvalue weighted by Gasteiger charge is -2.14. The number of aliphatic hydroxyl groups is 2. The number of β-amino-alcohol motifs (C(OH)–C–C–N with tert-alkyl or cyclic N) is 1. The van der Waals surface area contributed by atoms with Crippen LogP contribution in [0.15, 0.2) is 41.1 Å². The molecular formula is C20H22N2O4. The van der Waals surface area contributed by atoms with Crippen LogP contribution in [0.2, 0.25) is 0 Å². The number of aromatic nitrogens is 1. The predicted octanol–water partition coefficient (Wildman–Crippen LogP) is 1.47. The molecule has 26 heavy (non-hydrogen) atoms. The van der Waals surface area contributed by atoms with Gasteiger partial charge in [0.15, 0.2) is 11.5 Å². The quantitative estimate of drug-likeness (QED) is 0.815. The Morgan fingerprint density at radius 2 is 2.04 bits per heavy atom. The molecule has 2 aromatic heterocycles. The summed E-state index contributed by atoms with van der Waals surface area (Å²) in [5.74, 6) is 5.57. The smallest absolute Gasteiger partial charge is 0.289 e. The van der Waals surface area contributed by atoms with Crippen molar-refractivity contribution in [1.82, 2.24) is 9.88 Å². The Morgan fingerprint density at radius 1 is 1.31 bits per heavy atom. The van der Waals surface area contributed by atoms with E-state index in [1.165, 1.54) is 0 Å². The van der Waals surface area contributed by atoms with Crippen molar-refractivity contribution < 1.29 is 19.4 Å². The second-order valence-corrected chi connectivity index (χ2v) is 7.07. The van der Waals surface area contributed by atoms with Gasteiger partial charge in [0, 0.05) is 31.4 Å². The Morgan fingerprint density at radius 3 is 2.73 bits per heavy atom. The Hall–Kier alpha value is -2.62. The Kier molecular flexibility index (Phi) is 5.12. The third-order valence-electron chi connectivity index (χ3n) is 4.25. The fourth-order valence-corrected chi connectivity index (χ4v) is 2.93. The summed E-state index contributed by atoms with van der Waals surface area (Å²) in [4.78, 5) is 18.2. The molecular weight excluding hydrogens is 332 g/mol. The molecule has 0 unspecified atom stereocenters. The largest absolute Gasteiger partial charge is 0.443 e. The maximum absolute atomic E-state index is 12.6. The monoisotopic (exact) mass is 354 g/mol. The van der Waals surface area contributed by atoms with Gasteiger partial charge in [-0.3, -0.25) is 9.78 Å². The Balaban J connectivity index is 1.65. The maximum atomic E-state index is 12.6. The highest BCUT2D eigenvalue weighted by Gasteiger charge is 2.35. The first-order valence-corrected chi connectivity index (χ1v) is 8.53. The van der Waals surface area contributed by atoms with Gasteiger partial charge in [0.2, 0.25) is 0 Å². The van der Waals surface area contributed by atoms with Gasteiger partial charge in [0.1, 0.15) is 5.60 Å². The standard InChI is InChI=1S/C20H22N2O4/c1-20(2,25)8-5-16-3-4-18(26-16)19(24)22-12-15(17(23)13-22)11-14-6-9-21-10-7-14/h3-4,6-7,9-10,15,17,23,25H,11-13H2,1-2H3/t15-,17+/m1/s1. The number of furan rings is 1. The Bertz CT molecular complexity index is 827. The SMILES string of the molecule is CC(C)(O)C#Cc1ccc(C(=O)N2C[C@@H](Cc3ccncc3)[C@@H](O)C2)o1. The third kappa shape index (κ3) is 4.51. The molecule has 0 spiro atoms. The molecule has 1 saturated heterocycles. The summed E-state index contributed by atoms with van der Waals surface area (Å²) in [5.41, 5.74) is -0.0449. The van der Waals surface area contributed by atoms with Crippen molar-refractivity contribution in [2.45, 2.75) is 32.0 Å². The van der Waals surface area contributed by atoms with Crippen LogP contribution in [0.1, 0.15) is 35.7 Å². The van der Waals surface area contributed by atoms with E-state index in [1.54, 1.807) is 43.3 Å². The van der Waals surface area contributed by atoms with Crippen LogP contribution in [0.5, 0.6) is 0 Å². The van der Waals surface area contributed by atoms with E-state index in [9.17, 15) is 15.0 Å². The lowest BCUT2D eigenvalue weighted by molar-refractivity contribution is 0.0733. The topological polar surface area (TPSA) is 86.8 Å². The van der Waals surface area contributed by atoms with E-state index >= 15 is 0 Å². The number of hydrogen-bond donors (Lipinski definition) is 2. The molecule has 6 heteroatoms. The number of hydrogen-bond acceptors (Lipinski definition) is 5. The molecule has 2 aromatic rings. The van der Waals surface area contributed by atoms with E-state index in [2.05, 4.69) is 16.8 Å². The number of likely N-dealkylation sites (tertiary alicyclic amines) is 1. The molecule has 0 bridgehead atoms. The van der Waals surface area contributed by atoms with Crippen molar-refractivity contribution in [3.8, 4) is 11.8 Å². The maximum Gasteiger partial charge on any atom is 0.289 e. The second kappa shape index (κ2) is 7.32. The van der Waals surface area contributed by atoms with E-state index in [4.69, 9.17) is 4.42 Å². The molecule has 0 radical (unpaired) electrons. The van der Waals surface area contributed by atoms with E-state index in [0.717, 1.165) is 5.56 Å². The highest BCUT2D eigenvalue weighted by Crippen LogP contribution is 2.23. The fourth-order valence-electron chi connectivity index (χ4n) is 2.93.